The summed E-state index contributed by atoms with van der Waals surface area (Å²) in [4.78, 5) is 11.8. The van der Waals surface area contributed by atoms with Crippen LogP contribution in [0.15, 0.2) is 60.7 Å². The van der Waals surface area contributed by atoms with Gasteiger partial charge in [-0.3, -0.25) is 0 Å². The molecule has 110 valence electrons. The van der Waals surface area contributed by atoms with Crippen LogP contribution in [-0.2, 0) is 16.1 Å². The van der Waals surface area contributed by atoms with Crippen LogP contribution in [0.5, 0.6) is 0 Å². The molecule has 2 atom stereocenters. The molecule has 0 aliphatic rings. The first-order valence-electron chi connectivity index (χ1n) is 6.86. The molecule has 2 aromatic rings. The maximum absolute atomic E-state index is 11.8. The molecule has 2 aromatic carbocycles. The smallest absolute Gasteiger partial charge is 0.335 e. The highest BCUT2D eigenvalue weighted by atomic mass is 16.5. The zero-order chi connectivity index (χ0) is 15.1. The number of esters is 1. The Balaban J connectivity index is 1.82. The largest absolute Gasteiger partial charge is 0.459 e. The van der Waals surface area contributed by atoms with E-state index < -0.39 is 18.1 Å². The van der Waals surface area contributed by atoms with Crippen molar-refractivity contribution in [3.05, 3.63) is 71.8 Å². The third-order valence-electron chi connectivity index (χ3n) is 3.20. The first kappa shape index (κ1) is 15.2. The fraction of sp³-hybridized carbons (Fsp3) is 0.235. The van der Waals surface area contributed by atoms with Gasteiger partial charge in [-0.15, -0.1) is 0 Å². The normalized spacial score (nSPS) is 13.4. The number of carbonyl (C=O) groups is 1. The van der Waals surface area contributed by atoms with Crippen LogP contribution in [0.3, 0.4) is 0 Å². The molecular weight excluding hydrogens is 266 g/mol. The molecule has 2 rings (SSSR count). The molecule has 0 saturated heterocycles. The Morgan fingerprint density at radius 2 is 1.62 bits per heavy atom. The number of benzene rings is 2. The van der Waals surface area contributed by atoms with Crippen LogP contribution in [0, 0.1) is 0 Å². The summed E-state index contributed by atoms with van der Waals surface area (Å²) in [5, 5.41) is 9.87. The standard InChI is InChI=1S/C17H19NO3/c18-15(14-9-5-2-6-10-14)11-16(19)17(20)21-12-13-7-3-1-4-8-13/h1-10,15-16,19H,11-12,18H2/t15?,16-/m0/s1. The van der Waals surface area contributed by atoms with E-state index in [1.807, 2.05) is 60.7 Å². The summed E-state index contributed by atoms with van der Waals surface area (Å²) in [6.45, 7) is 0.150. The summed E-state index contributed by atoms with van der Waals surface area (Å²) >= 11 is 0. The van der Waals surface area contributed by atoms with Crippen LogP contribution in [0.2, 0.25) is 0 Å². The first-order valence-corrected chi connectivity index (χ1v) is 6.86. The van der Waals surface area contributed by atoms with Crippen molar-refractivity contribution in [2.24, 2.45) is 5.73 Å². The van der Waals surface area contributed by atoms with Gasteiger partial charge in [-0.25, -0.2) is 4.79 Å². The molecule has 0 aliphatic heterocycles. The van der Waals surface area contributed by atoms with Crippen LogP contribution in [0.4, 0.5) is 0 Å². The molecule has 0 saturated carbocycles. The third kappa shape index (κ3) is 4.70. The van der Waals surface area contributed by atoms with Crippen molar-refractivity contribution >= 4 is 5.97 Å². The van der Waals surface area contributed by atoms with Crippen LogP contribution >= 0.6 is 0 Å². The van der Waals surface area contributed by atoms with Crippen LogP contribution in [0.1, 0.15) is 23.6 Å². The van der Waals surface area contributed by atoms with Crippen molar-refractivity contribution in [1.29, 1.82) is 0 Å². The van der Waals surface area contributed by atoms with E-state index in [2.05, 4.69) is 0 Å². The molecule has 3 N–H and O–H groups in total. The summed E-state index contributed by atoms with van der Waals surface area (Å²) < 4.78 is 5.08. The Morgan fingerprint density at radius 3 is 2.24 bits per heavy atom. The van der Waals surface area contributed by atoms with E-state index in [1.165, 1.54) is 0 Å². The quantitative estimate of drug-likeness (QED) is 0.798. The summed E-state index contributed by atoms with van der Waals surface area (Å²) in [5.41, 5.74) is 7.74. The predicted molar refractivity (Wildman–Crippen MR) is 80.2 cm³/mol. The van der Waals surface area contributed by atoms with Gasteiger partial charge in [0.05, 0.1) is 0 Å². The van der Waals surface area contributed by atoms with Gasteiger partial charge in [-0.05, 0) is 11.1 Å². The summed E-state index contributed by atoms with van der Waals surface area (Å²) in [7, 11) is 0. The van der Waals surface area contributed by atoms with Crippen LogP contribution in [0.25, 0.3) is 0 Å². The minimum absolute atomic E-state index is 0.137. The van der Waals surface area contributed by atoms with Gasteiger partial charge in [0, 0.05) is 12.5 Å². The average Bonchev–Trinajstić information content (AvgIpc) is 2.54. The van der Waals surface area contributed by atoms with Gasteiger partial charge in [-0.2, -0.15) is 0 Å². The maximum atomic E-state index is 11.8. The molecule has 1 unspecified atom stereocenters. The molecule has 0 amide bonds. The number of nitrogens with two attached hydrogens (primary N) is 1. The molecule has 4 nitrogen and oxygen atoms in total. The Morgan fingerprint density at radius 1 is 1.05 bits per heavy atom. The molecule has 0 heterocycles. The van der Waals surface area contributed by atoms with Crippen molar-refractivity contribution in [2.75, 3.05) is 0 Å². The summed E-state index contributed by atoms with van der Waals surface area (Å²) in [6, 6.07) is 18.3. The molecule has 4 heteroatoms. The SMILES string of the molecule is NC(C[C@H](O)C(=O)OCc1ccccc1)c1ccccc1. The van der Waals surface area contributed by atoms with Crippen LogP contribution < -0.4 is 5.73 Å². The zero-order valence-corrected chi connectivity index (χ0v) is 11.7. The van der Waals surface area contributed by atoms with Crippen molar-refractivity contribution in [3.63, 3.8) is 0 Å². The Hall–Kier alpha value is -2.17. The lowest BCUT2D eigenvalue weighted by Gasteiger charge is -2.16. The Labute approximate surface area is 124 Å². The van der Waals surface area contributed by atoms with Crippen LogP contribution in [-0.4, -0.2) is 17.2 Å². The maximum Gasteiger partial charge on any atom is 0.335 e. The lowest BCUT2D eigenvalue weighted by atomic mass is 10.0. The fourth-order valence-electron chi connectivity index (χ4n) is 2.00. The lowest BCUT2D eigenvalue weighted by Crippen LogP contribution is -2.27. The third-order valence-corrected chi connectivity index (χ3v) is 3.20. The molecule has 21 heavy (non-hydrogen) atoms. The average molecular weight is 285 g/mol. The van der Waals surface area contributed by atoms with Gasteiger partial charge in [0.1, 0.15) is 6.61 Å². The zero-order valence-electron chi connectivity index (χ0n) is 11.7. The van der Waals surface area contributed by atoms with Gasteiger partial charge in [0.25, 0.3) is 0 Å². The second kappa shape index (κ2) is 7.57. The van der Waals surface area contributed by atoms with Gasteiger partial charge in [0.15, 0.2) is 6.10 Å². The van der Waals surface area contributed by atoms with E-state index >= 15 is 0 Å². The molecule has 0 aliphatic carbocycles. The van der Waals surface area contributed by atoms with Gasteiger partial charge in [-0.1, -0.05) is 60.7 Å². The van der Waals surface area contributed by atoms with E-state index in [0.29, 0.717) is 0 Å². The van der Waals surface area contributed by atoms with E-state index in [0.717, 1.165) is 11.1 Å². The number of rotatable bonds is 6. The molecule has 0 aromatic heterocycles. The second-order valence-corrected chi connectivity index (χ2v) is 4.86. The minimum atomic E-state index is -1.22. The fourth-order valence-corrected chi connectivity index (χ4v) is 2.00. The van der Waals surface area contributed by atoms with Crippen molar-refractivity contribution in [2.45, 2.75) is 25.2 Å². The molecule has 0 bridgehead atoms. The highest BCUT2D eigenvalue weighted by Gasteiger charge is 2.20. The van der Waals surface area contributed by atoms with Crippen molar-refractivity contribution in [1.82, 2.24) is 0 Å². The van der Waals surface area contributed by atoms with E-state index in [1.54, 1.807) is 0 Å². The number of hydrogen-bond acceptors (Lipinski definition) is 4. The van der Waals surface area contributed by atoms with E-state index in [-0.39, 0.29) is 13.0 Å². The highest BCUT2D eigenvalue weighted by molar-refractivity contribution is 5.74. The monoisotopic (exact) mass is 285 g/mol. The molecular formula is C17H19NO3. The minimum Gasteiger partial charge on any atom is -0.459 e. The number of ether oxygens (including phenoxy) is 1. The second-order valence-electron chi connectivity index (χ2n) is 4.86. The van der Waals surface area contributed by atoms with Gasteiger partial charge < -0.3 is 15.6 Å². The van der Waals surface area contributed by atoms with Crippen molar-refractivity contribution in [3.8, 4) is 0 Å². The van der Waals surface area contributed by atoms with E-state index in [4.69, 9.17) is 10.5 Å². The number of aliphatic hydroxyl groups is 1. The van der Waals surface area contributed by atoms with Gasteiger partial charge >= 0.3 is 5.97 Å². The lowest BCUT2D eigenvalue weighted by molar-refractivity contribution is -0.155. The topological polar surface area (TPSA) is 72.5 Å². The number of carbonyl (C=O) groups excluding carboxylic acids is 1. The highest BCUT2D eigenvalue weighted by Crippen LogP contribution is 2.16. The summed E-state index contributed by atoms with van der Waals surface area (Å²) in [6.07, 6.45) is -1.08. The van der Waals surface area contributed by atoms with Gasteiger partial charge in [0.2, 0.25) is 0 Å². The number of aliphatic hydroxyl groups excluding tert-OH is 1. The molecule has 0 radical (unpaired) electrons. The molecule has 0 fully saturated rings. The predicted octanol–water partition coefficient (Wildman–Crippen LogP) is 2.18. The Bertz CT molecular complexity index is 557. The van der Waals surface area contributed by atoms with E-state index in [9.17, 15) is 9.90 Å². The first-order chi connectivity index (χ1) is 10.2. The number of hydrogen-bond donors (Lipinski definition) is 2. The van der Waals surface area contributed by atoms with Crippen molar-refractivity contribution < 1.29 is 14.6 Å². The summed E-state index contributed by atoms with van der Waals surface area (Å²) in [5.74, 6) is -0.648. The Kier molecular flexibility index (Phi) is 5.49. The molecule has 0 spiro atoms.